The lowest BCUT2D eigenvalue weighted by atomic mass is 9.99. The van der Waals surface area contributed by atoms with Gasteiger partial charge in [-0.2, -0.15) is 12.6 Å². The number of nitrogens with zero attached hydrogens (tertiary/aromatic N) is 4. The van der Waals surface area contributed by atoms with Crippen LogP contribution in [0.5, 0.6) is 0 Å². The molecule has 0 radical (unpaired) electrons. The zero-order valence-corrected chi connectivity index (χ0v) is 33.7. The summed E-state index contributed by atoms with van der Waals surface area (Å²) in [6, 6.07) is 36.1. The maximum Gasteiger partial charge on any atom is 0.293 e. The van der Waals surface area contributed by atoms with Crippen LogP contribution in [0.3, 0.4) is 0 Å². The minimum absolute atomic E-state index is 0.134. The molecule has 5 aromatic rings. The van der Waals surface area contributed by atoms with Crippen LogP contribution >= 0.6 is 24.2 Å². The minimum Gasteiger partial charge on any atom is -0.376 e. The second-order valence-corrected chi connectivity index (χ2v) is 16.8. The fraction of sp³-hybridized carbons (Fsp3) is 0.262. The number of hydrogen-bond donors (Lipinski definition) is 3. The van der Waals surface area contributed by atoms with Crippen LogP contribution in [0.15, 0.2) is 126 Å². The van der Waals surface area contributed by atoms with E-state index in [1.54, 1.807) is 24.3 Å². The van der Waals surface area contributed by atoms with Crippen LogP contribution in [0, 0.1) is 10.1 Å². The SMILES string of the molecule is CN(C)C(S)C[C@@H](Cc1ccccc1)Nc1ccc(S(=O)(=O)NC(=O)c2ccc(N3CCN(Cc4ccccc4-c4ccc(Cl)cc4)CC3)cc2)cc1[N+](=O)[O-]. The van der Waals surface area contributed by atoms with E-state index in [2.05, 4.69) is 50.7 Å². The molecule has 5 aromatic carbocycles. The molecule has 292 valence electrons. The molecule has 1 unspecified atom stereocenters. The fourth-order valence-electron chi connectivity index (χ4n) is 6.77. The maximum absolute atomic E-state index is 13.4. The number of piperazine rings is 1. The average Bonchev–Trinajstić information content (AvgIpc) is 3.19. The summed E-state index contributed by atoms with van der Waals surface area (Å²) in [5.74, 6) is -0.836. The Balaban J connectivity index is 1.07. The summed E-state index contributed by atoms with van der Waals surface area (Å²) >= 11 is 10.8. The van der Waals surface area contributed by atoms with E-state index in [9.17, 15) is 23.3 Å². The molecule has 56 heavy (non-hydrogen) atoms. The Morgan fingerprint density at radius 3 is 2.21 bits per heavy atom. The van der Waals surface area contributed by atoms with Gasteiger partial charge in [-0.25, -0.2) is 13.1 Å². The molecule has 1 aliphatic heterocycles. The maximum atomic E-state index is 13.4. The lowest BCUT2D eigenvalue weighted by molar-refractivity contribution is -0.384. The van der Waals surface area contributed by atoms with Crippen LogP contribution in [0.25, 0.3) is 11.1 Å². The Hall–Kier alpha value is -4.92. The number of nitrogens with one attached hydrogen (secondary N) is 2. The lowest BCUT2D eigenvalue weighted by Crippen LogP contribution is -2.46. The number of rotatable bonds is 15. The van der Waals surface area contributed by atoms with E-state index in [0.717, 1.165) is 55.6 Å². The zero-order valence-electron chi connectivity index (χ0n) is 31.2. The summed E-state index contributed by atoms with van der Waals surface area (Å²) in [5, 5.41) is 16.0. The van der Waals surface area contributed by atoms with Crippen molar-refractivity contribution in [1.82, 2.24) is 14.5 Å². The highest BCUT2D eigenvalue weighted by molar-refractivity contribution is 7.90. The van der Waals surface area contributed by atoms with Crippen molar-refractivity contribution in [1.29, 1.82) is 0 Å². The molecule has 6 rings (SSSR count). The van der Waals surface area contributed by atoms with Crippen LogP contribution in [-0.4, -0.2) is 80.7 Å². The number of anilines is 2. The minimum atomic E-state index is -4.45. The number of nitro groups is 1. The molecular weight excluding hydrogens is 768 g/mol. The van der Waals surface area contributed by atoms with Gasteiger partial charge >= 0.3 is 0 Å². The van der Waals surface area contributed by atoms with Crippen molar-refractivity contribution in [2.75, 3.05) is 50.5 Å². The molecule has 1 amide bonds. The van der Waals surface area contributed by atoms with Crippen molar-refractivity contribution in [2.24, 2.45) is 0 Å². The van der Waals surface area contributed by atoms with Gasteiger partial charge in [-0.1, -0.05) is 78.3 Å². The molecule has 1 heterocycles. The van der Waals surface area contributed by atoms with Gasteiger partial charge < -0.3 is 10.2 Å². The van der Waals surface area contributed by atoms with Gasteiger partial charge in [0, 0.05) is 61.1 Å². The predicted molar refractivity (Wildman–Crippen MR) is 227 cm³/mol. The second-order valence-electron chi connectivity index (χ2n) is 14.1. The summed E-state index contributed by atoms with van der Waals surface area (Å²) in [6.07, 6.45) is 1.11. The Labute approximate surface area is 338 Å². The Bertz CT molecular complexity index is 2230. The normalized spacial score (nSPS) is 14.6. The molecule has 0 spiro atoms. The summed E-state index contributed by atoms with van der Waals surface area (Å²) in [7, 11) is -0.648. The van der Waals surface area contributed by atoms with Crippen LogP contribution in [0.4, 0.5) is 17.1 Å². The summed E-state index contributed by atoms with van der Waals surface area (Å²) in [6.45, 7) is 4.06. The van der Waals surface area contributed by atoms with Gasteiger partial charge in [0.2, 0.25) is 0 Å². The van der Waals surface area contributed by atoms with Crippen LogP contribution in [0.2, 0.25) is 5.02 Å². The molecule has 2 atom stereocenters. The lowest BCUT2D eigenvalue weighted by Gasteiger charge is -2.36. The molecular formula is C42H45ClN6O5S2. The molecule has 0 aliphatic carbocycles. The first-order valence-corrected chi connectivity index (χ1v) is 20.7. The monoisotopic (exact) mass is 812 g/mol. The van der Waals surface area contributed by atoms with Crippen molar-refractivity contribution >= 4 is 57.2 Å². The Kier molecular flexibility index (Phi) is 13.3. The molecule has 0 saturated carbocycles. The fourth-order valence-corrected chi connectivity index (χ4v) is 8.14. The number of hydrogen-bond acceptors (Lipinski definition) is 10. The highest BCUT2D eigenvalue weighted by atomic mass is 35.5. The first kappa shape index (κ1) is 40.7. The summed E-state index contributed by atoms with van der Waals surface area (Å²) < 4.78 is 28.8. The van der Waals surface area contributed by atoms with E-state index < -0.39 is 31.4 Å². The molecule has 0 bridgehead atoms. The van der Waals surface area contributed by atoms with Gasteiger partial charge in [0.25, 0.3) is 21.6 Å². The number of thiol groups is 1. The summed E-state index contributed by atoms with van der Waals surface area (Å²) in [5.41, 5.74) is 5.39. The van der Waals surface area contributed by atoms with E-state index in [4.69, 9.17) is 11.6 Å². The third-order valence-electron chi connectivity index (χ3n) is 9.91. The molecule has 0 aromatic heterocycles. The topological polar surface area (TPSA) is 128 Å². The molecule has 1 saturated heterocycles. The van der Waals surface area contributed by atoms with Crippen molar-refractivity contribution < 1.29 is 18.1 Å². The third kappa shape index (κ3) is 10.5. The van der Waals surface area contributed by atoms with Gasteiger partial charge in [0.1, 0.15) is 5.69 Å². The van der Waals surface area contributed by atoms with Crippen molar-refractivity contribution in [3.05, 3.63) is 153 Å². The number of carbonyl (C=O) groups is 1. The second kappa shape index (κ2) is 18.4. The van der Waals surface area contributed by atoms with Crippen molar-refractivity contribution in [2.45, 2.75) is 35.7 Å². The number of sulfonamides is 1. The third-order valence-corrected chi connectivity index (χ3v) is 12.2. The number of amides is 1. The van der Waals surface area contributed by atoms with E-state index >= 15 is 0 Å². The highest BCUT2D eigenvalue weighted by Crippen LogP contribution is 2.31. The quantitative estimate of drug-likeness (QED) is 0.0424. The molecule has 1 aliphatic rings. The molecule has 14 heteroatoms. The van der Waals surface area contributed by atoms with Gasteiger partial charge in [-0.05, 0) is 97.7 Å². The molecule has 1 fully saturated rings. The number of carbonyl (C=O) groups excluding carboxylic acids is 1. The Morgan fingerprint density at radius 1 is 0.893 bits per heavy atom. The molecule has 2 N–H and O–H groups in total. The average molecular weight is 813 g/mol. The smallest absolute Gasteiger partial charge is 0.293 e. The standard InChI is InChI=1S/C42H45ClN6O5S2/c1-46(2)41(55)27-35(26-30-8-4-3-5-9-30)44-39-21-20-37(28-40(39)49(51)52)56(53,54)45-42(50)32-14-18-36(19-15-32)48-24-22-47(23-25-48)29-33-10-6-7-11-38(33)31-12-16-34(43)17-13-31/h3-21,28,35,41,44,55H,22-27,29H2,1-2H3,(H,45,50)/t35-,41?/m1/s1. The molecule has 11 nitrogen and oxygen atoms in total. The van der Waals surface area contributed by atoms with Gasteiger partial charge in [0.05, 0.1) is 15.2 Å². The number of benzene rings is 5. The van der Waals surface area contributed by atoms with E-state index in [1.807, 2.05) is 79.7 Å². The van der Waals surface area contributed by atoms with Crippen molar-refractivity contribution in [3.63, 3.8) is 0 Å². The number of nitro benzene ring substituents is 1. The van der Waals surface area contributed by atoms with Crippen LogP contribution in [-0.2, 0) is 23.0 Å². The van der Waals surface area contributed by atoms with Gasteiger partial charge in [-0.3, -0.25) is 24.7 Å². The largest absolute Gasteiger partial charge is 0.376 e. The number of halogens is 1. The van der Waals surface area contributed by atoms with Crippen molar-refractivity contribution in [3.8, 4) is 11.1 Å². The van der Waals surface area contributed by atoms with Gasteiger partial charge in [0.15, 0.2) is 0 Å². The van der Waals surface area contributed by atoms with E-state index in [0.29, 0.717) is 17.9 Å². The summed E-state index contributed by atoms with van der Waals surface area (Å²) in [4.78, 5) is 30.9. The van der Waals surface area contributed by atoms with Gasteiger partial charge in [-0.15, -0.1) is 0 Å². The van der Waals surface area contributed by atoms with Crippen LogP contribution < -0.4 is 14.9 Å². The first-order chi connectivity index (χ1) is 26.9. The first-order valence-electron chi connectivity index (χ1n) is 18.3. The van der Waals surface area contributed by atoms with E-state index in [-0.39, 0.29) is 22.7 Å². The zero-order chi connectivity index (χ0) is 39.8. The Morgan fingerprint density at radius 2 is 1.55 bits per heavy atom. The van der Waals surface area contributed by atoms with Crippen LogP contribution in [0.1, 0.15) is 27.9 Å². The highest BCUT2D eigenvalue weighted by Gasteiger charge is 2.26. The predicted octanol–water partition coefficient (Wildman–Crippen LogP) is 7.59. The van der Waals surface area contributed by atoms with E-state index in [1.165, 1.54) is 23.3 Å².